The zero-order chi connectivity index (χ0) is 12.3. The highest BCUT2D eigenvalue weighted by molar-refractivity contribution is 5.66. The van der Waals surface area contributed by atoms with Gasteiger partial charge in [0.2, 0.25) is 0 Å². The van der Waals surface area contributed by atoms with Gasteiger partial charge >= 0.3 is 5.97 Å². The average molecular weight is 236 g/mol. The zero-order valence-electron chi connectivity index (χ0n) is 10.3. The summed E-state index contributed by atoms with van der Waals surface area (Å²) in [5, 5.41) is 13.3. The molecule has 1 aromatic rings. The molecule has 0 radical (unpaired) electrons. The summed E-state index contributed by atoms with van der Waals surface area (Å²) in [4.78, 5) is 10.6. The molecule has 17 heavy (non-hydrogen) atoms. The van der Waals surface area contributed by atoms with Crippen LogP contribution in [0.3, 0.4) is 0 Å². The van der Waals surface area contributed by atoms with E-state index < -0.39 is 5.97 Å². The minimum absolute atomic E-state index is 0.152. The molecule has 0 aromatic carbocycles. The lowest BCUT2D eigenvalue weighted by Gasteiger charge is -2.09. The van der Waals surface area contributed by atoms with Gasteiger partial charge in [0.1, 0.15) is 0 Å². The van der Waals surface area contributed by atoms with Crippen LogP contribution in [-0.2, 0) is 11.2 Å². The van der Waals surface area contributed by atoms with E-state index in [9.17, 15) is 4.79 Å². The minimum atomic E-state index is -0.729. The maximum Gasteiger partial charge on any atom is 0.303 e. The first-order chi connectivity index (χ1) is 8.15. The molecule has 4 nitrogen and oxygen atoms in total. The maximum absolute atomic E-state index is 10.6. The molecule has 1 heterocycles. The largest absolute Gasteiger partial charge is 0.481 e. The van der Waals surface area contributed by atoms with Gasteiger partial charge in [0, 0.05) is 12.6 Å². The van der Waals surface area contributed by atoms with Gasteiger partial charge in [-0.05, 0) is 31.2 Å². The fraction of sp³-hybridized carbons (Fsp3) is 0.692. The van der Waals surface area contributed by atoms with Gasteiger partial charge in [-0.2, -0.15) is 5.10 Å². The molecule has 1 fully saturated rings. The first-order valence-electron chi connectivity index (χ1n) is 6.41. The van der Waals surface area contributed by atoms with Crippen LogP contribution in [0.2, 0.25) is 0 Å². The van der Waals surface area contributed by atoms with Gasteiger partial charge in [-0.3, -0.25) is 9.48 Å². The van der Waals surface area contributed by atoms with Crippen molar-refractivity contribution in [3.8, 4) is 0 Å². The third-order valence-electron chi connectivity index (χ3n) is 3.44. The molecular weight excluding hydrogens is 216 g/mol. The van der Waals surface area contributed by atoms with E-state index in [4.69, 9.17) is 5.11 Å². The first-order valence-corrected chi connectivity index (χ1v) is 6.41. The lowest BCUT2D eigenvalue weighted by Crippen LogP contribution is -2.09. The summed E-state index contributed by atoms with van der Waals surface area (Å²) in [7, 11) is 0. The molecule has 1 atom stereocenters. The summed E-state index contributed by atoms with van der Waals surface area (Å²) in [6.45, 7) is 1.96. The van der Waals surface area contributed by atoms with Crippen LogP contribution in [0.4, 0.5) is 0 Å². The van der Waals surface area contributed by atoms with Crippen LogP contribution in [-0.4, -0.2) is 20.9 Å². The van der Waals surface area contributed by atoms with Crippen molar-refractivity contribution in [2.75, 3.05) is 0 Å². The second-order valence-corrected chi connectivity index (χ2v) is 5.13. The van der Waals surface area contributed by atoms with Crippen LogP contribution in [0.15, 0.2) is 12.3 Å². The maximum atomic E-state index is 10.6. The van der Waals surface area contributed by atoms with Crippen LogP contribution in [0.5, 0.6) is 0 Å². The number of aliphatic carboxylic acids is 1. The van der Waals surface area contributed by atoms with Crippen molar-refractivity contribution in [3.63, 3.8) is 0 Å². The number of aromatic nitrogens is 2. The number of carbonyl (C=O) groups is 1. The van der Waals surface area contributed by atoms with Gasteiger partial charge in [0.25, 0.3) is 0 Å². The van der Waals surface area contributed by atoms with Crippen LogP contribution in [0.1, 0.15) is 50.8 Å². The van der Waals surface area contributed by atoms with Crippen molar-refractivity contribution in [1.29, 1.82) is 0 Å². The minimum Gasteiger partial charge on any atom is -0.481 e. The summed E-state index contributed by atoms with van der Waals surface area (Å²) in [6.07, 6.45) is 8.07. The first kappa shape index (κ1) is 12.1. The molecule has 0 spiro atoms. The molecule has 0 amide bonds. The average Bonchev–Trinajstić information content (AvgIpc) is 2.84. The van der Waals surface area contributed by atoms with Crippen molar-refractivity contribution >= 4 is 5.97 Å². The van der Waals surface area contributed by atoms with Crippen LogP contribution >= 0.6 is 0 Å². The SMILES string of the molecule is CC(CC(=O)O)Cc1ccn(C2CCCC2)n1. The Hall–Kier alpha value is -1.32. The molecule has 0 saturated heterocycles. The van der Waals surface area contributed by atoms with Crippen LogP contribution in [0, 0.1) is 5.92 Å². The van der Waals surface area contributed by atoms with Crippen molar-refractivity contribution in [2.45, 2.75) is 51.5 Å². The second kappa shape index (κ2) is 5.34. The Morgan fingerprint density at radius 3 is 2.94 bits per heavy atom. The second-order valence-electron chi connectivity index (χ2n) is 5.13. The van der Waals surface area contributed by atoms with E-state index in [0.717, 1.165) is 12.1 Å². The monoisotopic (exact) mass is 236 g/mol. The third-order valence-corrected chi connectivity index (χ3v) is 3.44. The number of hydrogen-bond acceptors (Lipinski definition) is 2. The topological polar surface area (TPSA) is 55.1 Å². The number of carboxylic acids is 1. The molecule has 4 heteroatoms. The van der Waals surface area contributed by atoms with E-state index in [1.807, 2.05) is 19.2 Å². The molecule has 1 saturated carbocycles. The quantitative estimate of drug-likeness (QED) is 0.855. The summed E-state index contributed by atoms with van der Waals surface area (Å²) in [5.41, 5.74) is 1.02. The summed E-state index contributed by atoms with van der Waals surface area (Å²) in [6, 6.07) is 2.59. The summed E-state index contributed by atoms with van der Waals surface area (Å²) in [5.74, 6) is -0.577. The highest BCUT2D eigenvalue weighted by Crippen LogP contribution is 2.28. The van der Waals surface area contributed by atoms with Crippen molar-refractivity contribution in [2.24, 2.45) is 5.92 Å². The molecule has 2 rings (SSSR count). The third kappa shape index (κ3) is 3.32. The lowest BCUT2D eigenvalue weighted by atomic mass is 10.0. The fourth-order valence-corrected chi connectivity index (χ4v) is 2.59. The number of rotatable bonds is 5. The molecule has 1 aliphatic rings. The van der Waals surface area contributed by atoms with E-state index in [0.29, 0.717) is 6.04 Å². The Labute approximate surface area is 102 Å². The van der Waals surface area contributed by atoms with Crippen LogP contribution < -0.4 is 0 Å². The highest BCUT2D eigenvalue weighted by Gasteiger charge is 2.18. The van der Waals surface area contributed by atoms with E-state index in [2.05, 4.69) is 9.78 Å². The van der Waals surface area contributed by atoms with Crippen molar-refractivity contribution in [3.05, 3.63) is 18.0 Å². The molecule has 94 valence electrons. The van der Waals surface area contributed by atoms with Gasteiger partial charge in [0.15, 0.2) is 0 Å². The van der Waals surface area contributed by atoms with E-state index in [-0.39, 0.29) is 12.3 Å². The number of carboxylic acid groups (broad SMARTS) is 1. The predicted octanol–water partition coefficient (Wildman–Crippen LogP) is 2.65. The fourth-order valence-electron chi connectivity index (χ4n) is 2.59. The molecule has 1 aliphatic carbocycles. The van der Waals surface area contributed by atoms with Crippen LogP contribution in [0.25, 0.3) is 0 Å². The van der Waals surface area contributed by atoms with Crippen molar-refractivity contribution in [1.82, 2.24) is 9.78 Å². The Morgan fingerprint density at radius 2 is 2.29 bits per heavy atom. The number of hydrogen-bond donors (Lipinski definition) is 1. The molecule has 1 aromatic heterocycles. The Kier molecular flexibility index (Phi) is 3.82. The smallest absolute Gasteiger partial charge is 0.303 e. The van der Waals surface area contributed by atoms with E-state index in [1.54, 1.807) is 0 Å². The van der Waals surface area contributed by atoms with E-state index in [1.165, 1.54) is 25.7 Å². The van der Waals surface area contributed by atoms with Gasteiger partial charge in [0.05, 0.1) is 11.7 Å². The Bertz CT molecular complexity index is 381. The molecular formula is C13H20N2O2. The Balaban J connectivity index is 1.91. The van der Waals surface area contributed by atoms with Gasteiger partial charge in [-0.25, -0.2) is 0 Å². The predicted molar refractivity (Wildman–Crippen MR) is 64.9 cm³/mol. The van der Waals surface area contributed by atoms with Gasteiger partial charge in [-0.1, -0.05) is 19.8 Å². The standard InChI is InChI=1S/C13H20N2O2/c1-10(9-13(16)17)8-11-6-7-15(14-11)12-4-2-3-5-12/h6-7,10,12H,2-5,8-9H2,1H3,(H,16,17). The summed E-state index contributed by atoms with van der Waals surface area (Å²) < 4.78 is 2.07. The molecule has 0 aliphatic heterocycles. The Morgan fingerprint density at radius 1 is 1.59 bits per heavy atom. The lowest BCUT2D eigenvalue weighted by molar-refractivity contribution is -0.137. The number of nitrogens with zero attached hydrogens (tertiary/aromatic N) is 2. The van der Waals surface area contributed by atoms with Crippen molar-refractivity contribution < 1.29 is 9.90 Å². The molecule has 0 bridgehead atoms. The summed E-state index contributed by atoms with van der Waals surface area (Å²) >= 11 is 0. The molecule has 1 N–H and O–H groups in total. The normalized spacial score (nSPS) is 18.4. The van der Waals surface area contributed by atoms with Gasteiger partial charge < -0.3 is 5.11 Å². The van der Waals surface area contributed by atoms with E-state index >= 15 is 0 Å². The van der Waals surface area contributed by atoms with Gasteiger partial charge in [-0.15, -0.1) is 0 Å². The molecule has 1 unspecified atom stereocenters. The highest BCUT2D eigenvalue weighted by atomic mass is 16.4. The zero-order valence-corrected chi connectivity index (χ0v) is 10.3.